The summed E-state index contributed by atoms with van der Waals surface area (Å²) < 4.78 is 74.2. The quantitative estimate of drug-likeness (QED) is 0.328. The predicted molar refractivity (Wildman–Crippen MR) is 104 cm³/mol. The van der Waals surface area contributed by atoms with Gasteiger partial charge in [0.1, 0.15) is 0 Å². The summed E-state index contributed by atoms with van der Waals surface area (Å²) in [6, 6.07) is 6.94. The van der Waals surface area contributed by atoms with Gasteiger partial charge in [0, 0.05) is 15.7 Å². The highest BCUT2D eigenvalue weighted by Gasteiger charge is 2.32. The number of alkyl halides is 6. The Kier molecular flexibility index (Phi) is 8.33. The van der Waals surface area contributed by atoms with Crippen molar-refractivity contribution in [2.24, 2.45) is 0 Å². The van der Waals surface area contributed by atoms with Crippen molar-refractivity contribution in [3.63, 3.8) is 0 Å². The Labute approximate surface area is 177 Å². The van der Waals surface area contributed by atoms with Gasteiger partial charge in [-0.1, -0.05) is 6.07 Å². The van der Waals surface area contributed by atoms with E-state index in [1.807, 2.05) is 22.6 Å². The first kappa shape index (κ1) is 24.7. The maximum absolute atomic E-state index is 12.3. The van der Waals surface area contributed by atoms with Crippen molar-refractivity contribution in [3.05, 3.63) is 67.8 Å². The first-order chi connectivity index (χ1) is 12.4. The van der Waals surface area contributed by atoms with Crippen LogP contribution in [0.3, 0.4) is 0 Å². The van der Waals surface area contributed by atoms with E-state index < -0.39 is 23.5 Å². The van der Waals surface area contributed by atoms with Crippen LogP contribution in [0.1, 0.15) is 32.6 Å². The van der Waals surface area contributed by atoms with Gasteiger partial charge in [0.25, 0.3) is 0 Å². The number of fused-ring (bicyclic) bond motifs is 1. The minimum atomic E-state index is -4.35. The number of Topliss-reactive ketones (excluding diaryl/α,β-unsaturated/α-hetero) is 1. The summed E-state index contributed by atoms with van der Waals surface area (Å²) in [4.78, 5) is 11.3. The summed E-state index contributed by atoms with van der Waals surface area (Å²) in [7, 11) is 0. The highest BCUT2D eigenvalue weighted by Crippen LogP contribution is 2.31. The zero-order chi connectivity index (χ0) is 20.4. The molecule has 0 aliphatic carbocycles. The van der Waals surface area contributed by atoms with Crippen molar-refractivity contribution in [2.75, 3.05) is 6.54 Å². The van der Waals surface area contributed by atoms with E-state index in [2.05, 4.69) is 5.32 Å². The molecule has 0 amide bonds. The fourth-order valence-corrected chi connectivity index (χ4v) is 2.75. The van der Waals surface area contributed by atoms with E-state index in [1.165, 1.54) is 12.1 Å². The van der Waals surface area contributed by atoms with Crippen molar-refractivity contribution < 1.29 is 31.1 Å². The van der Waals surface area contributed by atoms with Crippen LogP contribution in [0.5, 0.6) is 0 Å². The van der Waals surface area contributed by atoms with Gasteiger partial charge in [-0.05, 0) is 71.0 Å². The van der Waals surface area contributed by atoms with Gasteiger partial charge in [-0.3, -0.25) is 4.79 Å². The Morgan fingerprint density at radius 3 is 1.96 bits per heavy atom. The molecule has 1 aliphatic rings. The molecule has 0 atom stereocenters. The van der Waals surface area contributed by atoms with Crippen molar-refractivity contribution in [2.45, 2.75) is 25.8 Å². The molecule has 0 spiro atoms. The third kappa shape index (κ3) is 6.35. The van der Waals surface area contributed by atoms with Gasteiger partial charge >= 0.3 is 12.4 Å². The van der Waals surface area contributed by atoms with Crippen LogP contribution in [0, 0.1) is 10.5 Å². The van der Waals surface area contributed by atoms with Crippen molar-refractivity contribution in [3.8, 4) is 0 Å². The number of rotatable bonds is 0. The molecule has 0 bridgehead atoms. The average molecular weight is 538 g/mol. The van der Waals surface area contributed by atoms with Crippen molar-refractivity contribution >= 4 is 40.8 Å². The number of benzene rings is 2. The Bertz CT molecular complexity index is 851. The van der Waals surface area contributed by atoms with Crippen LogP contribution in [0.2, 0.25) is 0 Å². The Balaban J connectivity index is 0.000000277. The van der Waals surface area contributed by atoms with Gasteiger partial charge in [0.05, 0.1) is 17.7 Å². The number of carbonyl (C=O) groups excluding carboxylic acids is 1. The van der Waals surface area contributed by atoms with Gasteiger partial charge in [0.2, 0.25) is 0 Å². The highest BCUT2D eigenvalue weighted by molar-refractivity contribution is 14.1. The third-order valence-electron chi connectivity index (χ3n) is 3.82. The van der Waals surface area contributed by atoms with E-state index in [4.69, 9.17) is 0 Å². The van der Waals surface area contributed by atoms with Crippen LogP contribution in [0.25, 0.3) is 0 Å². The zero-order valence-electron chi connectivity index (χ0n) is 14.3. The molecule has 2 aromatic rings. The summed E-state index contributed by atoms with van der Waals surface area (Å²) in [5.74, 6) is -0.162. The summed E-state index contributed by atoms with van der Waals surface area (Å²) in [6.07, 6.45) is -8.58. The molecule has 2 nitrogen and oxygen atoms in total. The number of nitrogens with one attached hydrogen (secondary N) is 1. The molecule has 154 valence electrons. The molecule has 0 saturated heterocycles. The number of hydrogen-bond donors (Lipinski definition) is 1. The summed E-state index contributed by atoms with van der Waals surface area (Å²) in [6.45, 7) is 2.17. The van der Waals surface area contributed by atoms with Crippen LogP contribution in [-0.4, -0.2) is 12.3 Å². The van der Waals surface area contributed by atoms with E-state index in [0.29, 0.717) is 23.2 Å². The predicted octanol–water partition coefficient (Wildman–Crippen LogP) is 6.03. The number of halogens is 8. The Hall–Kier alpha value is -1.33. The number of ketones is 1. The van der Waals surface area contributed by atoms with Gasteiger partial charge in [-0.2, -0.15) is 26.3 Å². The zero-order valence-corrected chi connectivity index (χ0v) is 17.3. The van der Waals surface area contributed by atoms with Crippen molar-refractivity contribution in [1.29, 1.82) is 0 Å². The lowest BCUT2D eigenvalue weighted by molar-refractivity contribution is -0.138. The lowest BCUT2D eigenvalue weighted by atomic mass is 9.97. The Morgan fingerprint density at radius 1 is 0.893 bits per heavy atom. The highest BCUT2D eigenvalue weighted by atomic mass is 127. The lowest BCUT2D eigenvalue weighted by Gasteiger charge is -2.17. The molecule has 0 aromatic heterocycles. The van der Waals surface area contributed by atoms with E-state index in [0.717, 1.165) is 27.8 Å². The molecule has 1 heterocycles. The second-order valence-electron chi connectivity index (χ2n) is 5.86. The minimum Gasteiger partial charge on any atom is -0.306 e. The minimum absolute atomic E-state index is 0. The summed E-state index contributed by atoms with van der Waals surface area (Å²) in [5.41, 5.74) is 0.173. The average Bonchev–Trinajstić information content (AvgIpc) is 2.56. The van der Waals surface area contributed by atoms with E-state index in [-0.39, 0.29) is 24.7 Å². The third-order valence-corrected chi connectivity index (χ3v) is 5.03. The molecule has 3 rings (SSSR count). The molecule has 2 aromatic carbocycles. The first-order valence-corrected chi connectivity index (χ1v) is 8.75. The van der Waals surface area contributed by atoms with Gasteiger partial charge < -0.3 is 5.32 Å². The largest absolute Gasteiger partial charge is 0.416 e. The maximum atomic E-state index is 12.3. The molecule has 1 aliphatic heterocycles. The topological polar surface area (TPSA) is 29.1 Å². The fraction of sp³-hybridized carbons (Fsp3) is 0.278. The molecule has 10 heteroatoms. The van der Waals surface area contributed by atoms with E-state index in [1.54, 1.807) is 6.92 Å². The summed E-state index contributed by atoms with van der Waals surface area (Å²) in [5, 5.41) is 2.75. The summed E-state index contributed by atoms with van der Waals surface area (Å²) >= 11 is 2.00. The second-order valence-corrected chi connectivity index (χ2v) is 7.02. The van der Waals surface area contributed by atoms with E-state index in [9.17, 15) is 31.1 Å². The molecule has 28 heavy (non-hydrogen) atoms. The maximum Gasteiger partial charge on any atom is 0.416 e. The molecule has 0 fully saturated rings. The van der Waals surface area contributed by atoms with Gasteiger partial charge in [0.15, 0.2) is 5.78 Å². The Morgan fingerprint density at radius 2 is 1.43 bits per heavy atom. The molecular weight excluding hydrogens is 523 g/mol. The molecule has 0 radical (unpaired) electrons. The lowest BCUT2D eigenvalue weighted by Crippen LogP contribution is -2.30. The number of carbonyl (C=O) groups is 1. The molecule has 0 unspecified atom stereocenters. The number of aryl methyl sites for hydroxylation is 1. The van der Waals surface area contributed by atoms with Gasteiger partial charge in [-0.15, -0.1) is 12.4 Å². The van der Waals surface area contributed by atoms with Gasteiger partial charge in [-0.25, -0.2) is 0 Å². The smallest absolute Gasteiger partial charge is 0.306 e. The second kappa shape index (κ2) is 9.45. The van der Waals surface area contributed by atoms with Crippen LogP contribution in [0.4, 0.5) is 26.3 Å². The molecule has 1 N–H and O–H groups in total. The van der Waals surface area contributed by atoms with E-state index >= 15 is 0 Å². The SMILES string of the molecule is Cc1cc(C(F)(F)F)ccc1I.Cl.O=C1CNCc2cc(C(F)(F)F)ccc21. The normalized spacial score (nSPS) is 13.8. The van der Waals surface area contributed by atoms with Crippen LogP contribution >= 0.6 is 35.0 Å². The van der Waals surface area contributed by atoms with Crippen LogP contribution < -0.4 is 5.32 Å². The number of hydrogen-bond acceptors (Lipinski definition) is 2. The molecule has 0 saturated carbocycles. The molecular formula is C18H15ClF6INO. The fourth-order valence-electron chi connectivity index (χ4n) is 2.42. The van der Waals surface area contributed by atoms with Crippen LogP contribution in [-0.2, 0) is 18.9 Å². The van der Waals surface area contributed by atoms with Crippen molar-refractivity contribution in [1.82, 2.24) is 5.32 Å². The standard InChI is InChI=1S/C10H8F3NO.C8H6F3I.ClH/c11-10(12,13)7-1-2-8-6(3-7)4-14-5-9(8)15;1-5-4-6(8(9,10)11)2-3-7(5)12;/h1-3,14H,4-5H2;2-4H,1H3;1H. The van der Waals surface area contributed by atoms with Crippen LogP contribution in [0.15, 0.2) is 36.4 Å². The first-order valence-electron chi connectivity index (χ1n) is 7.67. The monoisotopic (exact) mass is 537 g/mol.